The van der Waals surface area contributed by atoms with E-state index in [1.165, 1.54) is 11.2 Å². The molecule has 1 amide bonds. The predicted octanol–water partition coefficient (Wildman–Crippen LogP) is 0.712. The second-order valence-corrected chi connectivity index (χ2v) is 4.99. The van der Waals surface area contributed by atoms with E-state index in [-0.39, 0.29) is 12.5 Å². The molecule has 0 radical (unpaired) electrons. The van der Waals surface area contributed by atoms with Gasteiger partial charge in [0, 0.05) is 18.8 Å². The number of likely N-dealkylation sites (N-methyl/N-ethyl adjacent to an activating group) is 1. The topological polar surface area (TPSA) is 113 Å². The van der Waals surface area contributed by atoms with E-state index in [1.807, 2.05) is 12.1 Å². The van der Waals surface area contributed by atoms with E-state index < -0.39 is 0 Å². The van der Waals surface area contributed by atoms with Gasteiger partial charge in [0.1, 0.15) is 12.0 Å². The van der Waals surface area contributed by atoms with E-state index in [2.05, 4.69) is 35.5 Å². The van der Waals surface area contributed by atoms with Gasteiger partial charge in [0.15, 0.2) is 17.5 Å². The molecule has 0 saturated heterocycles. The highest BCUT2D eigenvalue weighted by atomic mass is 16.2. The molecule has 9 nitrogen and oxygen atoms in total. The van der Waals surface area contributed by atoms with E-state index in [0.29, 0.717) is 28.8 Å². The molecule has 0 bridgehead atoms. The summed E-state index contributed by atoms with van der Waals surface area (Å²) in [6, 6.07) is 3.68. The normalized spacial score (nSPS) is 13.6. The van der Waals surface area contributed by atoms with Crippen molar-refractivity contribution in [2.45, 2.75) is 0 Å². The van der Waals surface area contributed by atoms with Gasteiger partial charge < -0.3 is 5.32 Å². The number of anilines is 2. The number of fused-ring (bicyclic) bond motifs is 1. The smallest absolute Gasteiger partial charge is 0.247 e. The second-order valence-electron chi connectivity index (χ2n) is 4.99. The molecule has 1 aliphatic rings. The Balaban J connectivity index is 1.70. The monoisotopic (exact) mass is 308 g/mol. The molecule has 0 spiro atoms. The predicted molar refractivity (Wildman–Crippen MR) is 82.5 cm³/mol. The molecule has 0 atom stereocenters. The summed E-state index contributed by atoms with van der Waals surface area (Å²) >= 11 is 0. The third kappa shape index (κ3) is 2.27. The lowest BCUT2D eigenvalue weighted by Crippen LogP contribution is -2.38. The zero-order chi connectivity index (χ0) is 15.8. The maximum absolute atomic E-state index is 11.7. The number of hydrogen-bond acceptors (Lipinski definition) is 7. The SMILES string of the molecule is CN1C(=O)CNc2ncc(-c3ccc(-c4nc[nH]n4)nc3)nc21. The molecule has 2 N–H and O–H groups in total. The van der Waals surface area contributed by atoms with Crippen molar-refractivity contribution in [3.05, 3.63) is 30.9 Å². The number of aromatic amines is 1. The summed E-state index contributed by atoms with van der Waals surface area (Å²) in [5.41, 5.74) is 2.10. The van der Waals surface area contributed by atoms with Crippen molar-refractivity contribution >= 4 is 17.5 Å². The van der Waals surface area contributed by atoms with Crippen molar-refractivity contribution in [3.8, 4) is 22.8 Å². The van der Waals surface area contributed by atoms with Gasteiger partial charge in [-0.3, -0.25) is 19.8 Å². The van der Waals surface area contributed by atoms with Gasteiger partial charge in [0.05, 0.1) is 18.4 Å². The van der Waals surface area contributed by atoms with Crippen LogP contribution in [0.4, 0.5) is 11.6 Å². The van der Waals surface area contributed by atoms with Crippen LogP contribution >= 0.6 is 0 Å². The van der Waals surface area contributed by atoms with Crippen molar-refractivity contribution < 1.29 is 4.79 Å². The Morgan fingerprint density at radius 1 is 1.13 bits per heavy atom. The number of pyridine rings is 1. The van der Waals surface area contributed by atoms with Gasteiger partial charge in [-0.1, -0.05) is 0 Å². The van der Waals surface area contributed by atoms with E-state index >= 15 is 0 Å². The summed E-state index contributed by atoms with van der Waals surface area (Å²) in [6.45, 7) is 0.227. The molecule has 0 unspecified atom stereocenters. The number of aromatic nitrogens is 6. The van der Waals surface area contributed by atoms with Crippen molar-refractivity contribution in [2.75, 3.05) is 23.8 Å². The number of nitrogens with one attached hydrogen (secondary N) is 2. The molecule has 1 aliphatic heterocycles. The average molecular weight is 308 g/mol. The van der Waals surface area contributed by atoms with Gasteiger partial charge in [-0.2, -0.15) is 5.10 Å². The highest BCUT2D eigenvalue weighted by Gasteiger charge is 2.23. The molecule has 3 aromatic rings. The maximum atomic E-state index is 11.7. The number of hydrogen-bond donors (Lipinski definition) is 2. The first kappa shape index (κ1) is 13.3. The highest BCUT2D eigenvalue weighted by Crippen LogP contribution is 2.27. The standard InChI is InChI=1S/C14H12N8O/c1-22-11(23)6-17-13-14(22)20-10(5-16-13)8-2-3-9(15-4-8)12-18-7-19-21-12/h2-5,7H,6H2,1H3,(H,16,17)(H,18,19,21). The van der Waals surface area contributed by atoms with Crippen molar-refractivity contribution in [1.82, 2.24) is 30.1 Å². The first-order valence-corrected chi connectivity index (χ1v) is 6.92. The van der Waals surface area contributed by atoms with Gasteiger partial charge >= 0.3 is 0 Å². The van der Waals surface area contributed by atoms with Crippen LogP contribution in [0.3, 0.4) is 0 Å². The van der Waals surface area contributed by atoms with Crippen LogP contribution in [-0.4, -0.2) is 49.6 Å². The first-order chi connectivity index (χ1) is 11.2. The Bertz CT molecular complexity index is 859. The Hall–Kier alpha value is -3.36. The molecule has 0 aromatic carbocycles. The summed E-state index contributed by atoms with van der Waals surface area (Å²) in [5.74, 6) is 1.59. The lowest BCUT2D eigenvalue weighted by atomic mass is 10.2. The summed E-state index contributed by atoms with van der Waals surface area (Å²) < 4.78 is 0. The van der Waals surface area contributed by atoms with Crippen LogP contribution in [0.15, 0.2) is 30.9 Å². The van der Waals surface area contributed by atoms with Crippen LogP contribution < -0.4 is 10.2 Å². The van der Waals surface area contributed by atoms with Crippen molar-refractivity contribution in [3.63, 3.8) is 0 Å². The summed E-state index contributed by atoms with van der Waals surface area (Å²) in [7, 11) is 1.69. The number of carbonyl (C=O) groups excluding carboxylic acids is 1. The minimum atomic E-state index is -0.0537. The first-order valence-electron chi connectivity index (χ1n) is 6.92. The van der Waals surface area contributed by atoms with Crippen molar-refractivity contribution in [2.24, 2.45) is 0 Å². The zero-order valence-corrected chi connectivity index (χ0v) is 12.2. The van der Waals surface area contributed by atoms with Crippen LogP contribution in [0, 0.1) is 0 Å². The number of H-pyrrole nitrogens is 1. The summed E-state index contributed by atoms with van der Waals surface area (Å²) in [4.78, 5) is 30.5. The third-order valence-corrected chi connectivity index (χ3v) is 3.56. The van der Waals surface area contributed by atoms with Crippen LogP contribution in [0.5, 0.6) is 0 Å². The van der Waals surface area contributed by atoms with Gasteiger partial charge in [-0.15, -0.1) is 0 Å². The molecule has 9 heteroatoms. The number of carbonyl (C=O) groups is 1. The van der Waals surface area contributed by atoms with Gasteiger partial charge in [0.2, 0.25) is 5.91 Å². The number of rotatable bonds is 2. The quantitative estimate of drug-likeness (QED) is 0.717. The third-order valence-electron chi connectivity index (χ3n) is 3.56. The molecular weight excluding hydrogens is 296 g/mol. The molecule has 0 saturated carbocycles. The van der Waals surface area contributed by atoms with Gasteiger partial charge in [0.25, 0.3) is 0 Å². The Morgan fingerprint density at radius 3 is 2.78 bits per heavy atom. The minimum Gasteiger partial charge on any atom is -0.358 e. The van der Waals surface area contributed by atoms with Gasteiger partial charge in [-0.05, 0) is 12.1 Å². The van der Waals surface area contributed by atoms with E-state index in [1.54, 1.807) is 19.4 Å². The Morgan fingerprint density at radius 2 is 2.04 bits per heavy atom. The van der Waals surface area contributed by atoms with E-state index in [0.717, 1.165) is 5.56 Å². The fourth-order valence-corrected chi connectivity index (χ4v) is 2.28. The molecule has 4 rings (SSSR count). The Kier molecular flexibility index (Phi) is 2.97. The van der Waals surface area contributed by atoms with E-state index in [4.69, 9.17) is 0 Å². The summed E-state index contributed by atoms with van der Waals surface area (Å²) in [5, 5.41) is 9.58. The van der Waals surface area contributed by atoms with Crippen LogP contribution in [-0.2, 0) is 4.79 Å². The average Bonchev–Trinajstić information content (AvgIpc) is 3.13. The number of amides is 1. The zero-order valence-electron chi connectivity index (χ0n) is 12.2. The summed E-state index contributed by atoms with van der Waals surface area (Å²) in [6.07, 6.45) is 4.83. The molecule has 114 valence electrons. The highest BCUT2D eigenvalue weighted by molar-refractivity contribution is 6.00. The van der Waals surface area contributed by atoms with Crippen LogP contribution in [0.2, 0.25) is 0 Å². The largest absolute Gasteiger partial charge is 0.358 e. The molecule has 3 aromatic heterocycles. The lowest BCUT2D eigenvalue weighted by molar-refractivity contribution is -0.116. The van der Waals surface area contributed by atoms with E-state index in [9.17, 15) is 4.79 Å². The van der Waals surface area contributed by atoms with Crippen LogP contribution in [0.25, 0.3) is 22.8 Å². The molecule has 0 fully saturated rings. The van der Waals surface area contributed by atoms with Crippen LogP contribution in [0.1, 0.15) is 0 Å². The molecule has 4 heterocycles. The molecule has 0 aliphatic carbocycles. The minimum absolute atomic E-state index is 0.0537. The second kappa shape index (κ2) is 5.13. The van der Waals surface area contributed by atoms with Gasteiger partial charge in [-0.25, -0.2) is 15.0 Å². The fraction of sp³-hybridized carbons (Fsp3) is 0.143. The molecule has 23 heavy (non-hydrogen) atoms. The maximum Gasteiger partial charge on any atom is 0.247 e. The molecular formula is C14H12N8O. The lowest BCUT2D eigenvalue weighted by Gasteiger charge is -2.24. The fourth-order valence-electron chi connectivity index (χ4n) is 2.28. The Labute approximate surface area is 130 Å². The van der Waals surface area contributed by atoms with Crippen molar-refractivity contribution in [1.29, 1.82) is 0 Å². The number of nitrogens with zero attached hydrogens (tertiary/aromatic N) is 6.